The highest BCUT2D eigenvalue weighted by Crippen LogP contribution is 2.17. The summed E-state index contributed by atoms with van der Waals surface area (Å²) < 4.78 is 10.9. The molecule has 29 heavy (non-hydrogen) atoms. The second-order valence-electron chi connectivity index (χ2n) is 6.95. The first-order chi connectivity index (χ1) is 13.9. The number of carbonyl (C=O) groups excluding carboxylic acids is 2. The van der Waals surface area contributed by atoms with Crippen molar-refractivity contribution in [2.45, 2.75) is 39.8 Å². The van der Waals surface area contributed by atoms with Gasteiger partial charge in [-0.2, -0.15) is 0 Å². The van der Waals surface area contributed by atoms with E-state index in [1.54, 1.807) is 14.0 Å². The summed E-state index contributed by atoms with van der Waals surface area (Å²) in [5.74, 6) is 0.892. The van der Waals surface area contributed by atoms with E-state index in [4.69, 9.17) is 9.47 Å². The molecule has 0 aromatic heterocycles. The maximum Gasteiger partial charge on any atom is 0.261 e. The van der Waals surface area contributed by atoms with E-state index in [-0.39, 0.29) is 25.0 Å². The van der Waals surface area contributed by atoms with Gasteiger partial charge >= 0.3 is 0 Å². The fourth-order valence-electron chi connectivity index (χ4n) is 2.88. The van der Waals surface area contributed by atoms with Gasteiger partial charge in [0.1, 0.15) is 17.5 Å². The zero-order chi connectivity index (χ0) is 21.2. The van der Waals surface area contributed by atoms with E-state index in [9.17, 15) is 9.59 Å². The standard InChI is InChI=1S/C23H30N2O4/c1-5-12-24-23(27)18(3)25(15-19-9-7-10-20(14-19)28-4)22(26)16-29-21-11-6-8-17(2)13-21/h6-11,13-14,18H,5,12,15-16H2,1-4H3,(H,24,27). The van der Waals surface area contributed by atoms with Gasteiger partial charge in [-0.05, 0) is 55.7 Å². The molecule has 1 unspecified atom stereocenters. The number of hydrogen-bond donors (Lipinski definition) is 1. The molecule has 0 aliphatic heterocycles. The van der Waals surface area contributed by atoms with Crippen LogP contribution in [0.3, 0.4) is 0 Å². The SMILES string of the molecule is CCCNC(=O)C(C)N(Cc1cccc(OC)c1)C(=O)COc1cccc(C)c1. The van der Waals surface area contributed by atoms with Crippen LogP contribution in [0, 0.1) is 6.92 Å². The van der Waals surface area contributed by atoms with Crippen LogP contribution in [0.2, 0.25) is 0 Å². The maximum absolute atomic E-state index is 13.0. The van der Waals surface area contributed by atoms with Gasteiger partial charge in [-0.3, -0.25) is 9.59 Å². The molecule has 0 heterocycles. The number of nitrogens with zero attached hydrogens (tertiary/aromatic N) is 1. The molecule has 1 atom stereocenters. The molecule has 2 rings (SSSR count). The van der Waals surface area contributed by atoms with Gasteiger partial charge in [0.2, 0.25) is 5.91 Å². The van der Waals surface area contributed by atoms with Crippen LogP contribution in [-0.4, -0.2) is 43.0 Å². The molecular formula is C23H30N2O4. The van der Waals surface area contributed by atoms with Crippen LogP contribution in [0.15, 0.2) is 48.5 Å². The number of methoxy groups -OCH3 is 1. The number of ether oxygens (including phenoxy) is 2. The fourth-order valence-corrected chi connectivity index (χ4v) is 2.88. The number of rotatable bonds is 10. The highest BCUT2D eigenvalue weighted by Gasteiger charge is 2.26. The van der Waals surface area contributed by atoms with Crippen molar-refractivity contribution in [3.05, 3.63) is 59.7 Å². The van der Waals surface area contributed by atoms with E-state index in [2.05, 4.69) is 5.32 Å². The van der Waals surface area contributed by atoms with Crippen molar-refractivity contribution < 1.29 is 19.1 Å². The van der Waals surface area contributed by atoms with Gasteiger partial charge in [0, 0.05) is 13.1 Å². The molecule has 0 radical (unpaired) electrons. The predicted molar refractivity (Wildman–Crippen MR) is 113 cm³/mol. The molecule has 0 bridgehead atoms. The average Bonchev–Trinajstić information content (AvgIpc) is 2.73. The summed E-state index contributed by atoms with van der Waals surface area (Å²) in [4.78, 5) is 27.0. The van der Waals surface area contributed by atoms with Crippen LogP contribution in [-0.2, 0) is 16.1 Å². The van der Waals surface area contributed by atoms with Crippen LogP contribution in [0.1, 0.15) is 31.4 Å². The van der Waals surface area contributed by atoms with Crippen molar-refractivity contribution in [3.8, 4) is 11.5 Å². The number of benzene rings is 2. The summed E-state index contributed by atoms with van der Waals surface area (Å²) in [6, 6.07) is 14.4. The van der Waals surface area contributed by atoms with Crippen LogP contribution < -0.4 is 14.8 Å². The van der Waals surface area contributed by atoms with E-state index in [1.807, 2.05) is 62.4 Å². The Morgan fingerprint density at radius 2 is 1.83 bits per heavy atom. The minimum atomic E-state index is -0.624. The van der Waals surface area contributed by atoms with Gasteiger partial charge in [0.15, 0.2) is 6.61 Å². The Bertz CT molecular complexity index is 822. The van der Waals surface area contributed by atoms with E-state index < -0.39 is 6.04 Å². The number of aryl methyl sites for hydroxylation is 1. The molecule has 156 valence electrons. The molecule has 6 heteroatoms. The minimum Gasteiger partial charge on any atom is -0.497 e. The molecule has 2 amide bonds. The van der Waals surface area contributed by atoms with Crippen molar-refractivity contribution in [1.29, 1.82) is 0 Å². The Balaban J connectivity index is 2.15. The normalized spacial score (nSPS) is 11.4. The first-order valence-electron chi connectivity index (χ1n) is 9.84. The van der Waals surface area contributed by atoms with E-state index >= 15 is 0 Å². The van der Waals surface area contributed by atoms with E-state index in [0.717, 1.165) is 17.5 Å². The smallest absolute Gasteiger partial charge is 0.261 e. The topological polar surface area (TPSA) is 67.9 Å². The zero-order valence-electron chi connectivity index (χ0n) is 17.6. The molecular weight excluding hydrogens is 368 g/mol. The molecule has 0 saturated heterocycles. The quantitative estimate of drug-likeness (QED) is 0.667. The molecule has 0 aliphatic rings. The van der Waals surface area contributed by atoms with Crippen molar-refractivity contribution in [1.82, 2.24) is 10.2 Å². The number of amides is 2. The van der Waals surface area contributed by atoms with Gasteiger partial charge in [-0.15, -0.1) is 0 Å². The van der Waals surface area contributed by atoms with Gasteiger partial charge in [0.05, 0.1) is 7.11 Å². The first-order valence-corrected chi connectivity index (χ1v) is 9.84. The Hall–Kier alpha value is -3.02. The number of hydrogen-bond acceptors (Lipinski definition) is 4. The van der Waals surface area contributed by atoms with Crippen molar-refractivity contribution in [2.75, 3.05) is 20.3 Å². The number of nitrogens with one attached hydrogen (secondary N) is 1. The summed E-state index contributed by atoms with van der Waals surface area (Å²) >= 11 is 0. The molecule has 6 nitrogen and oxygen atoms in total. The Morgan fingerprint density at radius 1 is 1.10 bits per heavy atom. The fraction of sp³-hybridized carbons (Fsp3) is 0.391. The van der Waals surface area contributed by atoms with Crippen LogP contribution in [0.25, 0.3) is 0 Å². The predicted octanol–water partition coefficient (Wildman–Crippen LogP) is 3.33. The lowest BCUT2D eigenvalue weighted by Gasteiger charge is -2.29. The lowest BCUT2D eigenvalue weighted by molar-refractivity contribution is -0.142. The summed E-state index contributed by atoms with van der Waals surface area (Å²) in [5.41, 5.74) is 1.93. The second-order valence-corrected chi connectivity index (χ2v) is 6.95. The highest BCUT2D eigenvalue weighted by atomic mass is 16.5. The summed E-state index contributed by atoms with van der Waals surface area (Å²) in [5, 5.41) is 2.86. The third kappa shape index (κ3) is 6.82. The van der Waals surface area contributed by atoms with Crippen LogP contribution in [0.5, 0.6) is 11.5 Å². The van der Waals surface area contributed by atoms with Gasteiger partial charge in [0.25, 0.3) is 5.91 Å². The maximum atomic E-state index is 13.0. The molecule has 2 aromatic rings. The second kappa shape index (κ2) is 11.1. The summed E-state index contributed by atoms with van der Waals surface area (Å²) in [6.45, 7) is 6.40. The molecule has 0 aliphatic carbocycles. The third-order valence-electron chi connectivity index (χ3n) is 4.56. The van der Waals surface area contributed by atoms with Crippen molar-refractivity contribution in [3.63, 3.8) is 0 Å². The van der Waals surface area contributed by atoms with E-state index in [1.165, 1.54) is 4.90 Å². The van der Waals surface area contributed by atoms with Crippen molar-refractivity contribution >= 4 is 11.8 Å². The molecule has 2 aromatic carbocycles. The highest BCUT2D eigenvalue weighted by molar-refractivity contribution is 5.87. The van der Waals surface area contributed by atoms with Gasteiger partial charge in [-0.25, -0.2) is 0 Å². The third-order valence-corrected chi connectivity index (χ3v) is 4.56. The lowest BCUT2D eigenvalue weighted by atomic mass is 10.1. The average molecular weight is 399 g/mol. The molecule has 0 fully saturated rings. The Kier molecular flexibility index (Phi) is 8.52. The minimum absolute atomic E-state index is 0.140. The lowest BCUT2D eigenvalue weighted by Crippen LogP contribution is -2.49. The zero-order valence-corrected chi connectivity index (χ0v) is 17.6. The summed E-state index contributed by atoms with van der Waals surface area (Å²) in [7, 11) is 1.60. The van der Waals surface area contributed by atoms with Crippen LogP contribution >= 0.6 is 0 Å². The van der Waals surface area contributed by atoms with Crippen molar-refractivity contribution in [2.24, 2.45) is 0 Å². The van der Waals surface area contributed by atoms with Gasteiger partial charge in [-0.1, -0.05) is 31.2 Å². The monoisotopic (exact) mass is 398 g/mol. The Labute approximate surface area is 172 Å². The van der Waals surface area contributed by atoms with E-state index in [0.29, 0.717) is 18.0 Å². The number of carbonyl (C=O) groups is 2. The molecule has 0 saturated carbocycles. The van der Waals surface area contributed by atoms with Gasteiger partial charge < -0.3 is 19.7 Å². The molecule has 0 spiro atoms. The summed E-state index contributed by atoms with van der Waals surface area (Å²) in [6.07, 6.45) is 0.832. The first kappa shape index (κ1) is 22.3. The molecule has 1 N–H and O–H groups in total. The van der Waals surface area contributed by atoms with Crippen LogP contribution in [0.4, 0.5) is 0 Å². The Morgan fingerprint density at radius 3 is 2.52 bits per heavy atom. The largest absolute Gasteiger partial charge is 0.497 e.